The first-order chi connectivity index (χ1) is 8.09. The van der Waals surface area contributed by atoms with E-state index in [4.69, 9.17) is 17.3 Å². The van der Waals surface area contributed by atoms with Gasteiger partial charge in [-0.05, 0) is 19.4 Å². The molecule has 2 unspecified atom stereocenters. The summed E-state index contributed by atoms with van der Waals surface area (Å²) in [6.07, 6.45) is 1.83. The SMILES string of the molecule is Cc1nn(C(c2ccccc2)C(C)N)cc1Cl. The molecule has 0 saturated heterocycles. The minimum atomic E-state index is -0.0345. The number of nitrogens with two attached hydrogens (primary N) is 1. The van der Waals surface area contributed by atoms with Crippen molar-refractivity contribution in [2.24, 2.45) is 5.73 Å². The second-order valence-corrected chi connectivity index (χ2v) is 4.66. The van der Waals surface area contributed by atoms with Crippen LogP contribution in [0, 0.1) is 6.92 Å². The Hall–Kier alpha value is -1.32. The lowest BCUT2D eigenvalue weighted by Gasteiger charge is -2.21. The lowest BCUT2D eigenvalue weighted by Crippen LogP contribution is -2.30. The number of rotatable bonds is 3. The van der Waals surface area contributed by atoms with Crippen LogP contribution in [-0.4, -0.2) is 15.8 Å². The summed E-state index contributed by atoms with van der Waals surface area (Å²) >= 11 is 6.04. The predicted molar refractivity (Wildman–Crippen MR) is 70.2 cm³/mol. The van der Waals surface area contributed by atoms with E-state index in [1.54, 1.807) is 0 Å². The van der Waals surface area contributed by atoms with E-state index in [2.05, 4.69) is 17.2 Å². The van der Waals surface area contributed by atoms with Crippen LogP contribution in [0.1, 0.15) is 24.2 Å². The van der Waals surface area contributed by atoms with Gasteiger partial charge in [-0.1, -0.05) is 41.9 Å². The van der Waals surface area contributed by atoms with Crippen LogP contribution >= 0.6 is 11.6 Å². The summed E-state index contributed by atoms with van der Waals surface area (Å²) in [5.74, 6) is 0. The van der Waals surface area contributed by atoms with Gasteiger partial charge >= 0.3 is 0 Å². The molecule has 2 atom stereocenters. The minimum absolute atomic E-state index is 0.0161. The van der Waals surface area contributed by atoms with Crippen LogP contribution in [0.4, 0.5) is 0 Å². The molecule has 0 bridgehead atoms. The number of nitrogens with zero attached hydrogens (tertiary/aromatic N) is 2. The van der Waals surface area contributed by atoms with E-state index in [0.29, 0.717) is 5.02 Å². The average Bonchev–Trinajstić information content (AvgIpc) is 2.60. The lowest BCUT2D eigenvalue weighted by atomic mass is 10.0. The highest BCUT2D eigenvalue weighted by Crippen LogP contribution is 2.23. The fraction of sp³-hybridized carbons (Fsp3) is 0.308. The quantitative estimate of drug-likeness (QED) is 0.909. The van der Waals surface area contributed by atoms with Gasteiger partial charge in [0.2, 0.25) is 0 Å². The third kappa shape index (κ3) is 2.51. The molecule has 2 N–H and O–H groups in total. The molecule has 0 aliphatic heterocycles. The molecule has 1 heterocycles. The Morgan fingerprint density at radius 2 is 1.94 bits per heavy atom. The molecule has 90 valence electrons. The van der Waals surface area contributed by atoms with Crippen LogP contribution in [0.15, 0.2) is 36.5 Å². The van der Waals surface area contributed by atoms with Crippen LogP contribution in [0.3, 0.4) is 0 Å². The van der Waals surface area contributed by atoms with E-state index >= 15 is 0 Å². The fourth-order valence-corrected chi connectivity index (χ4v) is 2.09. The van der Waals surface area contributed by atoms with Gasteiger partial charge in [0.15, 0.2) is 0 Å². The zero-order chi connectivity index (χ0) is 12.4. The van der Waals surface area contributed by atoms with Crippen LogP contribution in [0.25, 0.3) is 0 Å². The Morgan fingerprint density at radius 1 is 1.29 bits per heavy atom. The molecule has 1 aromatic carbocycles. The van der Waals surface area contributed by atoms with Crippen molar-refractivity contribution < 1.29 is 0 Å². The molecule has 17 heavy (non-hydrogen) atoms. The molecule has 0 radical (unpaired) electrons. The van der Waals surface area contributed by atoms with Gasteiger partial charge < -0.3 is 5.73 Å². The molecule has 3 nitrogen and oxygen atoms in total. The standard InChI is InChI=1S/C13H16ClN3/c1-9(15)13(11-6-4-3-5-7-11)17-8-12(14)10(2)16-17/h3-9,13H,15H2,1-2H3. The summed E-state index contributed by atoms with van der Waals surface area (Å²) in [4.78, 5) is 0. The van der Waals surface area contributed by atoms with Crippen molar-refractivity contribution in [3.63, 3.8) is 0 Å². The van der Waals surface area contributed by atoms with Crippen LogP contribution < -0.4 is 5.73 Å². The highest BCUT2D eigenvalue weighted by molar-refractivity contribution is 6.31. The molecular weight excluding hydrogens is 234 g/mol. The van der Waals surface area contributed by atoms with Crippen LogP contribution in [-0.2, 0) is 0 Å². The molecular formula is C13H16ClN3. The Kier molecular flexibility index (Phi) is 3.50. The zero-order valence-corrected chi connectivity index (χ0v) is 10.7. The third-order valence-corrected chi connectivity index (χ3v) is 3.15. The van der Waals surface area contributed by atoms with Crippen molar-refractivity contribution >= 4 is 11.6 Å². The summed E-state index contributed by atoms with van der Waals surface area (Å²) in [5, 5.41) is 5.09. The second-order valence-electron chi connectivity index (χ2n) is 4.26. The van der Waals surface area contributed by atoms with Crippen molar-refractivity contribution in [2.75, 3.05) is 0 Å². The van der Waals surface area contributed by atoms with Gasteiger partial charge in [0, 0.05) is 12.2 Å². The summed E-state index contributed by atoms with van der Waals surface area (Å²) in [6, 6.07) is 10.1. The molecule has 0 aliphatic carbocycles. The molecule has 4 heteroatoms. The van der Waals surface area contributed by atoms with Crippen molar-refractivity contribution in [2.45, 2.75) is 25.9 Å². The number of halogens is 1. The predicted octanol–water partition coefficient (Wildman–Crippen LogP) is 2.78. The highest BCUT2D eigenvalue weighted by atomic mass is 35.5. The number of benzene rings is 1. The minimum Gasteiger partial charge on any atom is -0.326 e. The van der Waals surface area contributed by atoms with Crippen molar-refractivity contribution in [3.8, 4) is 0 Å². The van der Waals surface area contributed by atoms with Crippen molar-refractivity contribution in [3.05, 3.63) is 52.8 Å². The second kappa shape index (κ2) is 4.90. The topological polar surface area (TPSA) is 43.8 Å². The van der Waals surface area contributed by atoms with Gasteiger partial charge in [0.1, 0.15) is 0 Å². The molecule has 1 aromatic heterocycles. The normalized spacial score (nSPS) is 14.6. The summed E-state index contributed by atoms with van der Waals surface area (Å²) in [7, 11) is 0. The molecule has 0 spiro atoms. The first-order valence-corrected chi connectivity index (χ1v) is 5.99. The lowest BCUT2D eigenvalue weighted by molar-refractivity contribution is 0.452. The maximum atomic E-state index is 6.06. The van der Waals surface area contributed by atoms with Crippen molar-refractivity contribution in [1.82, 2.24) is 9.78 Å². The van der Waals surface area contributed by atoms with Gasteiger partial charge in [-0.15, -0.1) is 0 Å². The van der Waals surface area contributed by atoms with E-state index in [1.807, 2.05) is 42.9 Å². The number of aryl methyl sites for hydroxylation is 1. The first kappa shape index (κ1) is 12.1. The Balaban J connectivity index is 2.43. The number of aromatic nitrogens is 2. The van der Waals surface area contributed by atoms with E-state index in [0.717, 1.165) is 11.3 Å². The molecule has 0 aliphatic rings. The van der Waals surface area contributed by atoms with Crippen LogP contribution in [0.2, 0.25) is 5.02 Å². The van der Waals surface area contributed by atoms with E-state index in [9.17, 15) is 0 Å². The van der Waals surface area contributed by atoms with Gasteiger partial charge in [0.25, 0.3) is 0 Å². The first-order valence-electron chi connectivity index (χ1n) is 5.61. The molecule has 0 saturated carbocycles. The molecule has 2 aromatic rings. The van der Waals surface area contributed by atoms with Crippen molar-refractivity contribution in [1.29, 1.82) is 0 Å². The Bertz CT molecular complexity index is 471. The smallest absolute Gasteiger partial charge is 0.0917 e. The molecule has 2 rings (SSSR count). The van der Waals surface area contributed by atoms with Gasteiger partial charge in [0.05, 0.1) is 16.8 Å². The van der Waals surface area contributed by atoms with Gasteiger partial charge in [-0.25, -0.2) is 0 Å². The maximum absolute atomic E-state index is 6.06. The molecule has 0 fully saturated rings. The fourth-order valence-electron chi connectivity index (χ4n) is 1.95. The maximum Gasteiger partial charge on any atom is 0.0917 e. The van der Waals surface area contributed by atoms with E-state index < -0.39 is 0 Å². The Morgan fingerprint density at radius 3 is 2.41 bits per heavy atom. The summed E-state index contributed by atoms with van der Waals surface area (Å²) in [5.41, 5.74) is 8.02. The largest absolute Gasteiger partial charge is 0.326 e. The summed E-state index contributed by atoms with van der Waals surface area (Å²) in [6.45, 7) is 3.87. The monoisotopic (exact) mass is 249 g/mol. The van der Waals surface area contributed by atoms with E-state index in [1.165, 1.54) is 0 Å². The van der Waals surface area contributed by atoms with Crippen LogP contribution in [0.5, 0.6) is 0 Å². The van der Waals surface area contributed by atoms with Gasteiger partial charge in [-0.2, -0.15) is 5.10 Å². The number of hydrogen-bond donors (Lipinski definition) is 1. The summed E-state index contributed by atoms with van der Waals surface area (Å²) < 4.78 is 1.84. The Labute approximate surface area is 106 Å². The zero-order valence-electron chi connectivity index (χ0n) is 9.97. The number of hydrogen-bond acceptors (Lipinski definition) is 2. The van der Waals surface area contributed by atoms with E-state index in [-0.39, 0.29) is 12.1 Å². The van der Waals surface area contributed by atoms with Gasteiger partial charge in [-0.3, -0.25) is 4.68 Å². The third-order valence-electron chi connectivity index (χ3n) is 2.78. The average molecular weight is 250 g/mol. The highest BCUT2D eigenvalue weighted by Gasteiger charge is 2.19. The molecule has 0 amide bonds.